The van der Waals surface area contributed by atoms with Crippen molar-refractivity contribution in [3.63, 3.8) is 0 Å². The molecule has 3 nitrogen and oxygen atoms in total. The van der Waals surface area contributed by atoms with Crippen LogP contribution in [0.5, 0.6) is 0 Å². The number of carbonyl (C=O) groups is 1. The molecule has 22 heavy (non-hydrogen) atoms. The van der Waals surface area contributed by atoms with Crippen molar-refractivity contribution in [2.75, 3.05) is 11.1 Å². The van der Waals surface area contributed by atoms with Gasteiger partial charge in [0.1, 0.15) is 11.6 Å². The molecule has 0 heterocycles. The number of nitrogens with zero attached hydrogens (tertiary/aromatic N) is 1. The zero-order valence-corrected chi connectivity index (χ0v) is 12.3. The number of benzene rings is 2. The lowest BCUT2D eigenvalue weighted by Gasteiger charge is -2.06. The number of nitrogens with one attached hydrogen (secondary N) is 1. The van der Waals surface area contributed by atoms with E-state index in [0.29, 0.717) is 11.3 Å². The number of nitriles is 1. The summed E-state index contributed by atoms with van der Waals surface area (Å²) in [4.78, 5) is 11.7. The second-order valence-electron chi connectivity index (χ2n) is 4.48. The van der Waals surface area contributed by atoms with Crippen molar-refractivity contribution in [3.8, 4) is 6.07 Å². The molecule has 1 amide bonds. The lowest BCUT2D eigenvalue weighted by Crippen LogP contribution is -2.15. The summed E-state index contributed by atoms with van der Waals surface area (Å²) in [5.41, 5.74) is 1.32. The molecule has 0 spiro atoms. The van der Waals surface area contributed by atoms with Gasteiger partial charge >= 0.3 is 0 Å². The minimum Gasteiger partial charge on any atom is -0.323 e. The van der Waals surface area contributed by atoms with Crippen LogP contribution in [0.1, 0.15) is 11.1 Å². The predicted molar refractivity (Wildman–Crippen MR) is 82.3 cm³/mol. The highest BCUT2D eigenvalue weighted by Gasteiger charge is 2.08. The first-order valence-electron chi connectivity index (χ1n) is 6.40. The molecule has 0 saturated carbocycles. The van der Waals surface area contributed by atoms with Gasteiger partial charge in [0, 0.05) is 11.8 Å². The first-order chi connectivity index (χ1) is 10.6. The molecule has 0 unspecified atom stereocenters. The molecule has 1 N–H and O–H groups in total. The number of rotatable bonds is 5. The van der Waals surface area contributed by atoms with Crippen molar-refractivity contribution in [2.45, 2.75) is 5.75 Å². The quantitative estimate of drug-likeness (QED) is 0.914. The highest BCUT2D eigenvalue weighted by Crippen LogP contribution is 2.17. The van der Waals surface area contributed by atoms with Gasteiger partial charge in [-0.25, -0.2) is 8.78 Å². The van der Waals surface area contributed by atoms with Crippen LogP contribution < -0.4 is 5.32 Å². The molecular weight excluding hydrogens is 306 g/mol. The summed E-state index contributed by atoms with van der Waals surface area (Å²) in [7, 11) is 0. The van der Waals surface area contributed by atoms with Crippen LogP contribution in [0.4, 0.5) is 14.5 Å². The topological polar surface area (TPSA) is 52.9 Å². The second kappa shape index (κ2) is 7.57. The van der Waals surface area contributed by atoms with Crippen LogP contribution in [0.15, 0.2) is 42.5 Å². The van der Waals surface area contributed by atoms with Crippen LogP contribution in [0.3, 0.4) is 0 Å². The van der Waals surface area contributed by atoms with Gasteiger partial charge in [-0.15, -0.1) is 11.8 Å². The van der Waals surface area contributed by atoms with E-state index < -0.39 is 17.5 Å². The van der Waals surface area contributed by atoms with Gasteiger partial charge in [-0.1, -0.05) is 12.1 Å². The van der Waals surface area contributed by atoms with Crippen LogP contribution in [0.25, 0.3) is 0 Å². The summed E-state index contributed by atoms with van der Waals surface area (Å²) >= 11 is 1.33. The van der Waals surface area contributed by atoms with Crippen LogP contribution in [0.2, 0.25) is 0 Å². The molecule has 0 radical (unpaired) electrons. The summed E-state index contributed by atoms with van der Waals surface area (Å²) < 4.78 is 26.4. The zero-order chi connectivity index (χ0) is 15.9. The second-order valence-corrected chi connectivity index (χ2v) is 5.46. The third kappa shape index (κ3) is 4.57. The van der Waals surface area contributed by atoms with E-state index in [9.17, 15) is 13.6 Å². The summed E-state index contributed by atoms with van der Waals surface area (Å²) in [6.45, 7) is 0. The molecule has 0 atom stereocenters. The summed E-state index contributed by atoms with van der Waals surface area (Å²) in [6, 6.07) is 12.0. The van der Waals surface area contributed by atoms with Crippen molar-refractivity contribution < 1.29 is 13.6 Å². The van der Waals surface area contributed by atoms with E-state index in [1.165, 1.54) is 11.8 Å². The number of hydrogen-bond donors (Lipinski definition) is 1. The Morgan fingerprint density at radius 2 is 2.05 bits per heavy atom. The Hall–Kier alpha value is -2.39. The molecular formula is C16H12F2N2OS. The number of amides is 1. The van der Waals surface area contributed by atoms with Crippen LogP contribution in [0, 0.1) is 23.0 Å². The van der Waals surface area contributed by atoms with E-state index in [4.69, 9.17) is 5.26 Å². The zero-order valence-electron chi connectivity index (χ0n) is 11.5. The van der Waals surface area contributed by atoms with Gasteiger partial charge < -0.3 is 5.32 Å². The largest absolute Gasteiger partial charge is 0.323 e. The Balaban J connectivity index is 1.85. The lowest BCUT2D eigenvalue weighted by atomic mass is 10.2. The lowest BCUT2D eigenvalue weighted by molar-refractivity contribution is -0.113. The molecule has 0 saturated heterocycles. The maximum atomic E-state index is 13.4. The first-order valence-corrected chi connectivity index (χ1v) is 7.55. The number of carbonyl (C=O) groups excluding carboxylic acids is 1. The first kappa shape index (κ1) is 16.0. The molecule has 0 aliphatic heterocycles. The average molecular weight is 318 g/mol. The Kier molecular flexibility index (Phi) is 5.50. The summed E-state index contributed by atoms with van der Waals surface area (Å²) in [6.07, 6.45) is 0. The fourth-order valence-corrected chi connectivity index (χ4v) is 2.55. The van der Waals surface area contributed by atoms with Gasteiger partial charge in [0.05, 0.1) is 23.1 Å². The van der Waals surface area contributed by atoms with E-state index in [0.717, 1.165) is 23.8 Å². The predicted octanol–water partition coefficient (Wildman–Crippen LogP) is 3.71. The Bertz CT molecular complexity index is 728. The van der Waals surface area contributed by atoms with Crippen molar-refractivity contribution >= 4 is 23.4 Å². The van der Waals surface area contributed by atoms with Gasteiger partial charge in [0.25, 0.3) is 0 Å². The Morgan fingerprint density at radius 1 is 1.23 bits per heavy atom. The van der Waals surface area contributed by atoms with E-state index >= 15 is 0 Å². The monoisotopic (exact) mass is 318 g/mol. The molecule has 6 heteroatoms. The normalized spacial score (nSPS) is 10.0. The summed E-state index contributed by atoms with van der Waals surface area (Å²) in [5.74, 6) is -1.05. The highest BCUT2D eigenvalue weighted by atomic mass is 32.2. The van der Waals surface area contributed by atoms with Gasteiger partial charge in [-0.05, 0) is 29.8 Å². The number of hydrogen-bond acceptors (Lipinski definition) is 3. The molecule has 0 aliphatic rings. The average Bonchev–Trinajstić information content (AvgIpc) is 2.51. The fourth-order valence-electron chi connectivity index (χ4n) is 1.77. The molecule has 0 bridgehead atoms. The van der Waals surface area contributed by atoms with E-state index in [2.05, 4.69) is 5.32 Å². The number of anilines is 1. The third-order valence-electron chi connectivity index (χ3n) is 2.76. The van der Waals surface area contributed by atoms with Crippen molar-refractivity contribution in [1.82, 2.24) is 0 Å². The van der Waals surface area contributed by atoms with E-state index in [1.54, 1.807) is 18.2 Å². The maximum Gasteiger partial charge on any atom is 0.234 e. The van der Waals surface area contributed by atoms with Crippen LogP contribution in [-0.4, -0.2) is 11.7 Å². The molecule has 0 fully saturated rings. The molecule has 2 aromatic carbocycles. The third-order valence-corrected chi connectivity index (χ3v) is 3.76. The SMILES string of the molecule is N#Cc1cccc(CSCC(=O)Nc2cc(F)ccc2F)c1. The van der Waals surface area contributed by atoms with Gasteiger partial charge in [0.15, 0.2) is 0 Å². The number of halogens is 2. The van der Waals surface area contributed by atoms with Crippen LogP contribution >= 0.6 is 11.8 Å². The van der Waals surface area contributed by atoms with E-state index in [1.807, 2.05) is 12.1 Å². The highest BCUT2D eigenvalue weighted by molar-refractivity contribution is 7.99. The summed E-state index contributed by atoms with van der Waals surface area (Å²) in [5, 5.41) is 11.1. The number of thioether (sulfide) groups is 1. The Labute approximate surface area is 131 Å². The minimum absolute atomic E-state index is 0.104. The smallest absolute Gasteiger partial charge is 0.234 e. The van der Waals surface area contributed by atoms with Crippen LogP contribution in [-0.2, 0) is 10.5 Å². The van der Waals surface area contributed by atoms with Crippen molar-refractivity contribution in [2.24, 2.45) is 0 Å². The molecule has 112 valence electrons. The standard InChI is InChI=1S/C16H12F2N2OS/c17-13-4-5-14(18)15(7-13)20-16(21)10-22-9-12-3-1-2-11(6-12)8-19/h1-7H,9-10H2,(H,20,21). The maximum absolute atomic E-state index is 13.4. The van der Waals surface area contributed by atoms with Gasteiger partial charge in [0.2, 0.25) is 5.91 Å². The molecule has 2 aromatic rings. The minimum atomic E-state index is -0.679. The van der Waals surface area contributed by atoms with Gasteiger partial charge in [-0.2, -0.15) is 5.26 Å². The molecule has 0 aliphatic carbocycles. The van der Waals surface area contributed by atoms with Gasteiger partial charge in [-0.3, -0.25) is 4.79 Å². The Morgan fingerprint density at radius 3 is 2.82 bits per heavy atom. The fraction of sp³-hybridized carbons (Fsp3) is 0.125. The van der Waals surface area contributed by atoms with E-state index in [-0.39, 0.29) is 11.4 Å². The van der Waals surface area contributed by atoms with Crippen molar-refractivity contribution in [1.29, 1.82) is 5.26 Å². The van der Waals surface area contributed by atoms with Crippen molar-refractivity contribution in [3.05, 3.63) is 65.2 Å². The molecule has 0 aromatic heterocycles. The molecule has 2 rings (SSSR count).